The molecule has 32 heavy (non-hydrogen) atoms. The Hall–Kier alpha value is -2.42. The van der Waals surface area contributed by atoms with Crippen molar-refractivity contribution < 1.29 is 14.0 Å². The number of anilines is 1. The quantitative estimate of drug-likeness (QED) is 0.550. The Kier molecular flexibility index (Phi) is 5.92. The Morgan fingerprint density at radius 2 is 1.78 bits per heavy atom. The standard InChI is InChI=1S/C24H27FN4O2S/c25-18-3-5-19(6-4-18)28-11-9-27(10-12-28)14-16-1-2-17-15-29(24(32)20(17)13-16)21-7-8-22(30)26-23(21)31/h1-6,13,21,24,32H,7-12,14-15H2,(H,26,30,31). The monoisotopic (exact) mass is 454 g/mol. The molecule has 6 nitrogen and oxygen atoms in total. The zero-order valence-corrected chi connectivity index (χ0v) is 18.7. The fraction of sp³-hybridized carbons (Fsp3) is 0.417. The molecule has 0 radical (unpaired) electrons. The summed E-state index contributed by atoms with van der Waals surface area (Å²) in [5.41, 5.74) is 4.65. The molecule has 5 rings (SSSR count). The maximum absolute atomic E-state index is 13.2. The average molecular weight is 455 g/mol. The van der Waals surface area contributed by atoms with Crippen molar-refractivity contribution in [1.29, 1.82) is 0 Å². The van der Waals surface area contributed by atoms with E-state index < -0.39 is 0 Å². The number of thiol groups is 1. The van der Waals surface area contributed by atoms with E-state index in [1.165, 1.54) is 23.3 Å². The third-order valence-electron chi connectivity index (χ3n) is 6.74. The highest BCUT2D eigenvalue weighted by Crippen LogP contribution is 2.39. The van der Waals surface area contributed by atoms with Crippen molar-refractivity contribution in [2.75, 3.05) is 31.1 Å². The fourth-order valence-corrected chi connectivity index (χ4v) is 5.43. The minimum atomic E-state index is -0.314. The van der Waals surface area contributed by atoms with Gasteiger partial charge >= 0.3 is 0 Å². The third kappa shape index (κ3) is 4.27. The van der Waals surface area contributed by atoms with Gasteiger partial charge in [-0.05, 0) is 47.4 Å². The SMILES string of the molecule is O=C1CCC(N2Cc3ccc(CN4CCN(c5ccc(F)cc5)CC4)cc3C2S)C(=O)N1. The van der Waals surface area contributed by atoms with Gasteiger partial charge in [0.25, 0.3) is 0 Å². The number of nitrogens with one attached hydrogen (secondary N) is 1. The third-order valence-corrected chi connectivity index (χ3v) is 7.31. The van der Waals surface area contributed by atoms with Crippen LogP contribution in [0.3, 0.4) is 0 Å². The molecule has 3 heterocycles. The maximum Gasteiger partial charge on any atom is 0.243 e. The van der Waals surface area contributed by atoms with E-state index in [9.17, 15) is 14.0 Å². The number of benzene rings is 2. The predicted molar refractivity (Wildman–Crippen MR) is 124 cm³/mol. The van der Waals surface area contributed by atoms with Crippen LogP contribution in [0.15, 0.2) is 42.5 Å². The number of fused-ring (bicyclic) bond motifs is 1. The molecule has 1 N–H and O–H groups in total. The molecule has 2 amide bonds. The summed E-state index contributed by atoms with van der Waals surface area (Å²) in [5.74, 6) is -0.615. The predicted octanol–water partition coefficient (Wildman–Crippen LogP) is 2.70. The van der Waals surface area contributed by atoms with Gasteiger partial charge in [0.1, 0.15) is 5.82 Å². The second-order valence-electron chi connectivity index (χ2n) is 8.79. The number of carbonyl (C=O) groups excluding carboxylic acids is 2. The van der Waals surface area contributed by atoms with Crippen molar-refractivity contribution in [2.45, 2.75) is 37.3 Å². The number of piperidine rings is 1. The zero-order valence-electron chi connectivity index (χ0n) is 17.8. The summed E-state index contributed by atoms with van der Waals surface area (Å²) in [6.45, 7) is 5.25. The van der Waals surface area contributed by atoms with E-state index in [0.717, 1.165) is 44.0 Å². The molecular weight excluding hydrogens is 427 g/mol. The van der Waals surface area contributed by atoms with Gasteiger partial charge in [-0.15, -0.1) is 0 Å². The summed E-state index contributed by atoms with van der Waals surface area (Å²) in [7, 11) is 0. The average Bonchev–Trinajstić information content (AvgIpc) is 3.11. The Balaban J connectivity index is 1.21. The first-order valence-corrected chi connectivity index (χ1v) is 11.6. The van der Waals surface area contributed by atoms with E-state index in [-0.39, 0.29) is 29.0 Å². The molecule has 0 bridgehead atoms. The first-order valence-electron chi connectivity index (χ1n) is 11.1. The lowest BCUT2D eigenvalue weighted by Crippen LogP contribution is -2.51. The van der Waals surface area contributed by atoms with Crippen molar-refractivity contribution in [3.8, 4) is 0 Å². The van der Waals surface area contributed by atoms with E-state index in [1.54, 1.807) is 0 Å². The summed E-state index contributed by atoms with van der Waals surface area (Å²) in [5, 5.41) is 2.31. The minimum absolute atomic E-state index is 0.149. The lowest BCUT2D eigenvalue weighted by Gasteiger charge is -2.36. The highest BCUT2D eigenvalue weighted by Gasteiger charge is 2.39. The van der Waals surface area contributed by atoms with Crippen molar-refractivity contribution in [1.82, 2.24) is 15.1 Å². The number of amides is 2. The van der Waals surface area contributed by atoms with E-state index in [2.05, 4.69) is 38.2 Å². The van der Waals surface area contributed by atoms with Crippen LogP contribution in [0.4, 0.5) is 10.1 Å². The topological polar surface area (TPSA) is 55.9 Å². The van der Waals surface area contributed by atoms with Gasteiger partial charge < -0.3 is 4.90 Å². The lowest BCUT2D eigenvalue weighted by atomic mass is 10.0. The van der Waals surface area contributed by atoms with Crippen molar-refractivity contribution in [2.24, 2.45) is 0 Å². The molecule has 0 aromatic heterocycles. The van der Waals surface area contributed by atoms with Crippen molar-refractivity contribution >= 4 is 30.1 Å². The van der Waals surface area contributed by atoms with Crippen molar-refractivity contribution in [3.05, 3.63) is 65.0 Å². The van der Waals surface area contributed by atoms with Crippen LogP contribution >= 0.6 is 12.6 Å². The van der Waals surface area contributed by atoms with Crippen LogP contribution in [-0.4, -0.2) is 53.8 Å². The molecular formula is C24H27FN4O2S. The van der Waals surface area contributed by atoms with E-state index in [1.807, 2.05) is 12.1 Å². The van der Waals surface area contributed by atoms with Crippen LogP contribution in [0.5, 0.6) is 0 Å². The first kappa shape index (κ1) is 21.4. The van der Waals surface area contributed by atoms with Gasteiger partial charge in [-0.25, -0.2) is 4.39 Å². The normalized spacial score (nSPS) is 24.5. The van der Waals surface area contributed by atoms with Gasteiger partial charge in [-0.3, -0.25) is 24.7 Å². The molecule has 168 valence electrons. The lowest BCUT2D eigenvalue weighted by molar-refractivity contribution is -0.137. The molecule has 2 aromatic rings. The number of piperazine rings is 1. The number of nitrogens with zero attached hydrogens (tertiary/aromatic N) is 3. The molecule has 0 saturated carbocycles. The van der Waals surface area contributed by atoms with Crippen LogP contribution in [0.1, 0.15) is 34.9 Å². The summed E-state index contributed by atoms with van der Waals surface area (Å²) in [6, 6.07) is 12.9. The fourth-order valence-electron chi connectivity index (χ4n) is 4.94. The Labute approximate surface area is 192 Å². The van der Waals surface area contributed by atoms with Gasteiger partial charge in [0.15, 0.2) is 0 Å². The highest BCUT2D eigenvalue weighted by molar-refractivity contribution is 7.80. The Morgan fingerprint density at radius 3 is 2.50 bits per heavy atom. The van der Waals surface area contributed by atoms with Gasteiger partial charge in [-0.1, -0.05) is 18.2 Å². The zero-order chi connectivity index (χ0) is 22.2. The van der Waals surface area contributed by atoms with Crippen LogP contribution in [0.2, 0.25) is 0 Å². The van der Waals surface area contributed by atoms with Crippen molar-refractivity contribution in [3.63, 3.8) is 0 Å². The first-order chi connectivity index (χ1) is 15.5. The number of carbonyl (C=O) groups is 2. The van der Waals surface area contributed by atoms with Crippen LogP contribution in [0, 0.1) is 5.82 Å². The number of hydrogen-bond donors (Lipinski definition) is 2. The molecule has 2 unspecified atom stereocenters. The summed E-state index contributed by atoms with van der Waals surface area (Å²) in [4.78, 5) is 30.6. The second-order valence-corrected chi connectivity index (χ2v) is 9.27. The number of imide groups is 1. The van der Waals surface area contributed by atoms with Gasteiger partial charge in [0, 0.05) is 51.4 Å². The molecule has 2 fully saturated rings. The van der Waals surface area contributed by atoms with Gasteiger partial charge in [0.2, 0.25) is 11.8 Å². The molecule has 2 atom stereocenters. The van der Waals surface area contributed by atoms with Crippen LogP contribution < -0.4 is 10.2 Å². The minimum Gasteiger partial charge on any atom is -0.369 e. The number of halogens is 1. The summed E-state index contributed by atoms with van der Waals surface area (Å²) >= 11 is 4.83. The van der Waals surface area contributed by atoms with Gasteiger partial charge in [0.05, 0.1) is 11.4 Å². The van der Waals surface area contributed by atoms with E-state index >= 15 is 0 Å². The van der Waals surface area contributed by atoms with Crippen LogP contribution in [0.25, 0.3) is 0 Å². The number of rotatable bonds is 4. The maximum atomic E-state index is 13.2. The smallest absolute Gasteiger partial charge is 0.243 e. The largest absolute Gasteiger partial charge is 0.369 e. The molecule has 8 heteroatoms. The molecule has 2 aromatic carbocycles. The Morgan fingerprint density at radius 1 is 1.03 bits per heavy atom. The van der Waals surface area contributed by atoms with Crippen LogP contribution in [-0.2, 0) is 22.7 Å². The molecule has 3 aliphatic rings. The summed E-state index contributed by atoms with van der Waals surface area (Å²) in [6.07, 6.45) is 0.916. The van der Waals surface area contributed by atoms with E-state index in [0.29, 0.717) is 19.4 Å². The number of hydrogen-bond acceptors (Lipinski definition) is 6. The van der Waals surface area contributed by atoms with E-state index in [4.69, 9.17) is 12.6 Å². The molecule has 0 spiro atoms. The molecule has 3 aliphatic heterocycles. The Bertz CT molecular complexity index is 1020. The van der Waals surface area contributed by atoms with Gasteiger partial charge in [-0.2, -0.15) is 12.6 Å². The molecule has 2 saturated heterocycles. The second kappa shape index (κ2) is 8.84. The highest BCUT2D eigenvalue weighted by atomic mass is 32.1. The summed E-state index contributed by atoms with van der Waals surface area (Å²) < 4.78 is 13.2. The molecule has 0 aliphatic carbocycles.